The van der Waals surface area contributed by atoms with E-state index in [0.29, 0.717) is 35.4 Å². The summed E-state index contributed by atoms with van der Waals surface area (Å²) >= 11 is 1.82. The summed E-state index contributed by atoms with van der Waals surface area (Å²) in [7, 11) is 1.69. The molecule has 2 N–H and O–H groups in total. The maximum atomic E-state index is 13.5. The van der Waals surface area contributed by atoms with Gasteiger partial charge in [-0.3, -0.25) is 10.2 Å². The molecule has 11 nitrogen and oxygen atoms in total. The lowest BCUT2D eigenvalue weighted by Crippen LogP contribution is -2.37. The summed E-state index contributed by atoms with van der Waals surface area (Å²) in [6.07, 6.45) is 2.23. The third-order valence-electron chi connectivity index (χ3n) is 9.34. The molecule has 0 bridgehead atoms. The minimum Gasteiger partial charge on any atom is -0.497 e. The number of ether oxygens (including phenoxy) is 3. The number of anilines is 2. The number of aryl methyl sites for hydroxylation is 1. The van der Waals surface area contributed by atoms with E-state index >= 15 is 0 Å². The largest absolute Gasteiger partial charge is 0.497 e. The van der Waals surface area contributed by atoms with Gasteiger partial charge in [-0.1, -0.05) is 62.7 Å². The van der Waals surface area contributed by atoms with E-state index in [0.717, 1.165) is 82.5 Å². The number of amides is 2. The lowest BCUT2D eigenvalue weighted by molar-refractivity contribution is 0.0410. The molecular weight excluding hydrogens is 711 g/mol. The number of nitrogens with one attached hydrogen (secondary N) is 2. The summed E-state index contributed by atoms with van der Waals surface area (Å²) in [4.78, 5) is 26.4. The molecule has 0 radical (unpaired) electrons. The molecule has 1 aliphatic rings. The summed E-state index contributed by atoms with van der Waals surface area (Å²) < 4.78 is 19.3. The molecule has 1 aliphatic heterocycles. The molecule has 2 amide bonds. The van der Waals surface area contributed by atoms with Crippen molar-refractivity contribution < 1.29 is 19.0 Å². The summed E-state index contributed by atoms with van der Waals surface area (Å²) in [6, 6.07) is 29.1. The summed E-state index contributed by atoms with van der Waals surface area (Å²) in [5, 5.41) is 12.6. The Morgan fingerprint density at radius 2 is 1.71 bits per heavy atom. The topological polar surface area (TPSA) is 116 Å². The van der Waals surface area contributed by atoms with E-state index in [2.05, 4.69) is 53.4 Å². The van der Waals surface area contributed by atoms with Crippen LogP contribution in [0.3, 0.4) is 0 Å². The first-order valence-electron chi connectivity index (χ1n) is 18.5. The molecule has 1 fully saturated rings. The Labute approximate surface area is 326 Å². The van der Waals surface area contributed by atoms with Crippen LogP contribution in [-0.4, -0.2) is 76.4 Å². The van der Waals surface area contributed by atoms with Gasteiger partial charge in [0.2, 0.25) is 5.88 Å². The number of aromatic nitrogens is 4. The molecule has 0 saturated carbocycles. The Balaban J connectivity index is 1.05. The summed E-state index contributed by atoms with van der Waals surface area (Å²) in [5.41, 5.74) is 4.36. The fraction of sp³-hybridized carbons (Fsp3) is 0.302. The molecule has 2 aromatic heterocycles. The normalized spacial score (nSPS) is 13.5. The molecule has 6 aromatic rings. The van der Waals surface area contributed by atoms with E-state index in [1.165, 1.54) is 0 Å². The number of benzene rings is 4. The van der Waals surface area contributed by atoms with Crippen molar-refractivity contribution in [3.63, 3.8) is 0 Å². The first kappa shape index (κ1) is 37.9. The maximum absolute atomic E-state index is 13.5. The SMILES string of the molecule is COc1cc(Cc2nccc(Oc3ccc(NC(=O)Nc4cc(C(C)(C)C)nn4-c4ccc(C)cc4)c4ccccc34)n2)cc(SCCN2CCOCC2)c1. The number of thioether (sulfide) groups is 1. The number of hydrogen-bond donors (Lipinski definition) is 2. The van der Waals surface area contributed by atoms with Gasteiger partial charge in [-0.05, 0) is 55.0 Å². The first-order chi connectivity index (χ1) is 26.6. The molecule has 1 saturated heterocycles. The number of methoxy groups -OCH3 is 1. The lowest BCUT2D eigenvalue weighted by Gasteiger charge is -2.26. The second-order valence-electron chi connectivity index (χ2n) is 14.6. The van der Waals surface area contributed by atoms with Crippen LogP contribution in [0.25, 0.3) is 16.5 Å². The van der Waals surface area contributed by atoms with E-state index in [4.69, 9.17) is 24.3 Å². The zero-order chi connectivity index (χ0) is 38.4. The average Bonchev–Trinajstić information content (AvgIpc) is 3.61. The fourth-order valence-electron chi connectivity index (χ4n) is 6.33. The van der Waals surface area contributed by atoms with Crippen molar-refractivity contribution in [2.24, 2.45) is 0 Å². The van der Waals surface area contributed by atoms with Crippen LogP contribution >= 0.6 is 11.8 Å². The number of nitrogens with zero attached hydrogens (tertiary/aromatic N) is 5. The van der Waals surface area contributed by atoms with Crippen molar-refractivity contribution in [2.75, 3.05) is 56.3 Å². The zero-order valence-corrected chi connectivity index (χ0v) is 32.8. The Kier molecular flexibility index (Phi) is 11.7. The van der Waals surface area contributed by atoms with E-state index in [9.17, 15) is 4.79 Å². The van der Waals surface area contributed by atoms with Crippen LogP contribution in [0.1, 0.15) is 43.4 Å². The average molecular weight is 758 g/mol. The minimum absolute atomic E-state index is 0.208. The smallest absolute Gasteiger partial charge is 0.324 e. The van der Waals surface area contributed by atoms with E-state index < -0.39 is 0 Å². The van der Waals surface area contributed by atoms with E-state index in [1.54, 1.807) is 24.1 Å². The number of urea groups is 1. The molecule has 0 spiro atoms. The van der Waals surface area contributed by atoms with Crippen molar-refractivity contribution in [3.05, 3.63) is 120 Å². The van der Waals surface area contributed by atoms with Gasteiger partial charge in [-0.2, -0.15) is 10.1 Å². The van der Waals surface area contributed by atoms with Crippen molar-refractivity contribution in [3.8, 4) is 23.1 Å². The van der Waals surface area contributed by atoms with Gasteiger partial charge < -0.3 is 19.5 Å². The molecule has 0 atom stereocenters. The monoisotopic (exact) mass is 757 g/mol. The third-order valence-corrected chi connectivity index (χ3v) is 10.3. The summed E-state index contributed by atoms with van der Waals surface area (Å²) in [6.45, 7) is 12.9. The molecule has 0 aliphatic carbocycles. The second-order valence-corrected chi connectivity index (χ2v) is 15.7. The van der Waals surface area contributed by atoms with E-state index in [1.807, 2.05) is 91.5 Å². The number of carbonyl (C=O) groups is 1. The van der Waals surface area contributed by atoms with Gasteiger partial charge in [0, 0.05) is 71.2 Å². The molecule has 4 aromatic carbocycles. The number of fused-ring (bicyclic) bond motifs is 1. The summed E-state index contributed by atoms with van der Waals surface area (Å²) in [5.74, 6) is 4.03. The van der Waals surface area contributed by atoms with Crippen molar-refractivity contribution >= 4 is 40.1 Å². The van der Waals surface area contributed by atoms with E-state index in [-0.39, 0.29) is 11.4 Å². The molecule has 12 heteroatoms. The van der Waals surface area contributed by atoms with Gasteiger partial charge in [-0.25, -0.2) is 14.5 Å². The van der Waals surface area contributed by atoms with Gasteiger partial charge >= 0.3 is 6.03 Å². The van der Waals surface area contributed by atoms with Gasteiger partial charge in [0.05, 0.1) is 37.4 Å². The number of hydrogen-bond acceptors (Lipinski definition) is 9. The van der Waals surface area contributed by atoms with Crippen LogP contribution in [0.2, 0.25) is 0 Å². The highest BCUT2D eigenvalue weighted by Gasteiger charge is 2.22. The van der Waals surface area contributed by atoms with Crippen LogP contribution in [0.5, 0.6) is 17.4 Å². The second kappa shape index (κ2) is 16.9. The van der Waals surface area contributed by atoms with Gasteiger partial charge in [-0.15, -0.1) is 11.8 Å². The Morgan fingerprint density at radius 1 is 0.927 bits per heavy atom. The number of morpholine rings is 1. The quantitative estimate of drug-likeness (QED) is 0.118. The first-order valence-corrected chi connectivity index (χ1v) is 19.5. The molecule has 7 rings (SSSR count). The molecule has 55 heavy (non-hydrogen) atoms. The predicted octanol–water partition coefficient (Wildman–Crippen LogP) is 8.88. The van der Waals surface area contributed by atoms with Gasteiger partial charge in [0.25, 0.3) is 0 Å². The van der Waals surface area contributed by atoms with Crippen molar-refractivity contribution in [1.82, 2.24) is 24.6 Å². The molecular formula is C43H47N7O4S. The highest BCUT2D eigenvalue weighted by Crippen LogP contribution is 2.35. The van der Waals surface area contributed by atoms with Crippen LogP contribution in [0.15, 0.2) is 102 Å². The van der Waals surface area contributed by atoms with Crippen LogP contribution in [0.4, 0.5) is 16.3 Å². The minimum atomic E-state index is -0.385. The number of rotatable bonds is 12. The van der Waals surface area contributed by atoms with Gasteiger partial charge in [0.15, 0.2) is 0 Å². The fourth-order valence-corrected chi connectivity index (χ4v) is 7.35. The molecule has 3 heterocycles. The van der Waals surface area contributed by atoms with Crippen LogP contribution < -0.4 is 20.1 Å². The predicted molar refractivity (Wildman–Crippen MR) is 219 cm³/mol. The Hall–Kier alpha value is -5.43. The third kappa shape index (κ3) is 9.63. The standard InChI is InChI=1S/C43H47N7O4S/c1-29-10-12-31(13-11-29)50-40(28-38(48-50)43(2,3)4)47-42(51)45-36-14-15-37(35-9-7-6-8-34(35)36)54-41-16-17-44-39(46-41)26-30-24-32(52-5)27-33(25-30)55-23-20-49-18-21-53-22-19-49/h6-17,24-25,27-28H,18-23,26H2,1-5H3,(H2,45,47,51). The highest BCUT2D eigenvalue weighted by atomic mass is 32.2. The van der Waals surface area contributed by atoms with Crippen molar-refractivity contribution in [2.45, 2.75) is 44.4 Å². The molecule has 284 valence electrons. The number of carbonyl (C=O) groups excluding carboxylic acids is 1. The highest BCUT2D eigenvalue weighted by molar-refractivity contribution is 7.99. The van der Waals surface area contributed by atoms with Gasteiger partial charge in [0.1, 0.15) is 23.1 Å². The Morgan fingerprint density at radius 3 is 2.47 bits per heavy atom. The van der Waals surface area contributed by atoms with Crippen molar-refractivity contribution in [1.29, 1.82) is 0 Å². The maximum Gasteiger partial charge on any atom is 0.324 e. The van der Waals surface area contributed by atoms with Crippen LogP contribution in [-0.2, 0) is 16.6 Å². The van der Waals surface area contributed by atoms with Crippen LogP contribution in [0, 0.1) is 6.92 Å². The molecule has 0 unspecified atom stereocenters. The Bertz CT molecular complexity index is 2260. The lowest BCUT2D eigenvalue weighted by atomic mass is 9.92. The zero-order valence-electron chi connectivity index (χ0n) is 32.0.